The van der Waals surface area contributed by atoms with Gasteiger partial charge >= 0.3 is 0 Å². The molecule has 1 aliphatic rings. The smallest absolute Gasteiger partial charge is 0.221 e. The van der Waals surface area contributed by atoms with Crippen LogP contribution in [0.4, 0.5) is 0 Å². The zero-order valence-corrected chi connectivity index (χ0v) is 9.41. The molecule has 1 aliphatic carbocycles. The van der Waals surface area contributed by atoms with Crippen molar-refractivity contribution in [2.45, 2.75) is 6.92 Å². The largest absolute Gasteiger partial charge is 0.322 e. The Morgan fingerprint density at radius 2 is 1.71 bits per heavy atom. The molecule has 0 atom stereocenters. The van der Waals surface area contributed by atoms with Gasteiger partial charge in [-0.15, -0.1) is 0 Å². The lowest BCUT2D eigenvalue weighted by molar-refractivity contribution is -0.118. The first-order valence-electron chi connectivity index (χ1n) is 4.60. The van der Waals surface area contributed by atoms with Gasteiger partial charge in [-0.2, -0.15) is 10.2 Å². The highest BCUT2D eigenvalue weighted by Gasteiger charge is 2.32. The lowest BCUT2D eigenvalue weighted by Crippen LogP contribution is -2.31. The molecule has 0 bridgehead atoms. The molecule has 2 rings (SSSR count). The van der Waals surface area contributed by atoms with Crippen LogP contribution in [0.2, 0.25) is 0 Å². The van der Waals surface area contributed by atoms with E-state index in [-0.39, 0.29) is 21.9 Å². The van der Waals surface area contributed by atoms with Crippen molar-refractivity contribution in [3.8, 4) is 0 Å². The highest BCUT2D eigenvalue weighted by atomic mass is 35.5. The Morgan fingerprint density at radius 1 is 1.18 bits per heavy atom. The fourth-order valence-electron chi connectivity index (χ4n) is 1.44. The van der Waals surface area contributed by atoms with Crippen molar-refractivity contribution in [2.24, 2.45) is 0 Å². The number of amides is 1. The average molecular weight is 252 g/mol. The minimum Gasteiger partial charge on any atom is -0.322 e. The summed E-state index contributed by atoms with van der Waals surface area (Å²) in [5, 5.41) is 8.96. The molecule has 0 saturated heterocycles. The fraction of sp³-hybridized carbons (Fsp3) is 0.100. The number of fused-ring (bicyclic) bond motifs is 1. The number of carbonyl (C=O) groups excluding carboxylic acids is 3. The van der Waals surface area contributed by atoms with Crippen molar-refractivity contribution in [3.05, 3.63) is 34.2 Å². The third-order valence-corrected chi connectivity index (χ3v) is 2.53. The van der Waals surface area contributed by atoms with E-state index in [0.717, 1.165) is 0 Å². The van der Waals surface area contributed by atoms with E-state index in [1.165, 1.54) is 19.3 Å². The van der Waals surface area contributed by atoms with E-state index in [9.17, 15) is 14.4 Å². The third-order valence-electron chi connectivity index (χ3n) is 2.17. The third kappa shape index (κ3) is 1.83. The summed E-state index contributed by atoms with van der Waals surface area (Å²) < 4.78 is 0. The molecule has 86 valence electrons. The molecule has 1 N–H and O–H groups in total. The van der Waals surface area contributed by atoms with Crippen LogP contribution in [-0.2, 0) is 4.79 Å². The van der Waals surface area contributed by atoms with Crippen molar-refractivity contribution in [1.29, 1.82) is 0 Å². The van der Waals surface area contributed by atoms with E-state index < -0.39 is 17.5 Å². The maximum absolute atomic E-state index is 11.9. The van der Waals surface area contributed by atoms with E-state index in [4.69, 9.17) is 11.6 Å². The maximum atomic E-state index is 11.9. The number of hydrogen-bond donors (Lipinski definition) is 1. The van der Waals surface area contributed by atoms with Crippen LogP contribution in [0.15, 0.2) is 23.1 Å². The Labute approximate surface area is 101 Å². The number of carbonyl (C=O) groups is 3. The first-order valence-corrected chi connectivity index (χ1v) is 4.97. The van der Waals surface area contributed by atoms with Gasteiger partial charge in [0.15, 0.2) is 0 Å². The predicted molar refractivity (Wildman–Crippen MR) is 57.4 cm³/mol. The van der Waals surface area contributed by atoms with Gasteiger partial charge in [0.2, 0.25) is 17.5 Å². The molecule has 7 heteroatoms. The fourth-order valence-corrected chi connectivity index (χ4v) is 1.67. The molecule has 0 aromatic carbocycles. The highest BCUT2D eigenvalue weighted by Crippen LogP contribution is 2.25. The van der Waals surface area contributed by atoms with Crippen LogP contribution < -0.4 is 5.32 Å². The highest BCUT2D eigenvalue weighted by molar-refractivity contribution is 6.50. The quantitative estimate of drug-likeness (QED) is 0.782. The van der Waals surface area contributed by atoms with E-state index in [1.54, 1.807) is 0 Å². The summed E-state index contributed by atoms with van der Waals surface area (Å²) in [5.41, 5.74) is -0.0491. The van der Waals surface area contributed by atoms with Gasteiger partial charge < -0.3 is 5.32 Å². The van der Waals surface area contributed by atoms with Gasteiger partial charge in [0, 0.05) is 6.92 Å². The van der Waals surface area contributed by atoms with E-state index in [2.05, 4.69) is 15.5 Å². The van der Waals surface area contributed by atoms with Crippen LogP contribution in [-0.4, -0.2) is 27.7 Å². The molecule has 0 radical (unpaired) electrons. The number of hydrogen-bond acceptors (Lipinski definition) is 5. The Bertz CT molecular complexity index is 580. The molecule has 1 aromatic heterocycles. The number of nitrogens with zero attached hydrogens (tertiary/aromatic N) is 2. The van der Waals surface area contributed by atoms with Crippen LogP contribution in [0.25, 0.3) is 0 Å². The van der Waals surface area contributed by atoms with E-state index in [0.29, 0.717) is 0 Å². The lowest BCUT2D eigenvalue weighted by atomic mass is 9.95. The van der Waals surface area contributed by atoms with Crippen molar-refractivity contribution in [2.75, 3.05) is 0 Å². The van der Waals surface area contributed by atoms with Crippen molar-refractivity contribution < 1.29 is 14.4 Å². The molecule has 0 aliphatic heterocycles. The molecule has 0 fully saturated rings. The second-order valence-corrected chi connectivity index (χ2v) is 3.72. The summed E-state index contributed by atoms with van der Waals surface area (Å²) >= 11 is 5.75. The summed E-state index contributed by atoms with van der Waals surface area (Å²) in [5.74, 6) is -1.58. The van der Waals surface area contributed by atoms with Crippen molar-refractivity contribution in [3.63, 3.8) is 0 Å². The van der Waals surface area contributed by atoms with Crippen molar-refractivity contribution >= 4 is 29.1 Å². The first-order chi connectivity index (χ1) is 8.02. The van der Waals surface area contributed by atoms with Crippen LogP contribution >= 0.6 is 11.6 Å². The number of allylic oxidation sites excluding steroid dienone is 2. The lowest BCUT2D eigenvalue weighted by Gasteiger charge is -2.16. The zero-order valence-electron chi connectivity index (χ0n) is 8.65. The molecule has 0 spiro atoms. The topological polar surface area (TPSA) is 89.0 Å². The zero-order chi connectivity index (χ0) is 12.6. The molecular formula is C10H6ClN3O3. The summed E-state index contributed by atoms with van der Waals surface area (Å²) in [6.07, 6.45) is 2.34. The standard InChI is InChI=1S/C10H6ClN3O3/c1-4(15)14-8-7(11)9(16)5-2-12-13-3-6(5)10(8)17/h2-3H,1H3,(H,14,15). The van der Waals surface area contributed by atoms with Crippen molar-refractivity contribution in [1.82, 2.24) is 15.5 Å². The molecular weight excluding hydrogens is 246 g/mol. The summed E-state index contributed by atoms with van der Waals surface area (Å²) in [4.78, 5) is 34.7. The second kappa shape index (κ2) is 4.06. The first kappa shape index (κ1) is 11.4. The second-order valence-electron chi connectivity index (χ2n) is 3.34. The molecule has 1 aromatic rings. The molecule has 6 nitrogen and oxygen atoms in total. The van der Waals surface area contributed by atoms with Gasteiger partial charge in [0.1, 0.15) is 10.7 Å². The van der Waals surface area contributed by atoms with Gasteiger partial charge in [-0.1, -0.05) is 11.6 Å². The van der Waals surface area contributed by atoms with E-state index >= 15 is 0 Å². The number of aromatic nitrogens is 2. The molecule has 1 amide bonds. The maximum Gasteiger partial charge on any atom is 0.221 e. The number of ketones is 2. The average Bonchev–Trinajstić information content (AvgIpc) is 2.31. The number of nitrogens with one attached hydrogen (secondary N) is 1. The van der Waals surface area contributed by atoms with Crippen LogP contribution in [0.1, 0.15) is 27.6 Å². The van der Waals surface area contributed by atoms with Gasteiger partial charge in [-0.3, -0.25) is 14.4 Å². The Morgan fingerprint density at radius 3 is 2.24 bits per heavy atom. The van der Waals surface area contributed by atoms with Crippen LogP contribution in [0, 0.1) is 0 Å². The minimum atomic E-state index is -0.556. The van der Waals surface area contributed by atoms with Gasteiger partial charge in [0.25, 0.3) is 0 Å². The van der Waals surface area contributed by atoms with Gasteiger partial charge in [0.05, 0.1) is 23.5 Å². The van der Waals surface area contributed by atoms with Gasteiger partial charge in [-0.25, -0.2) is 0 Å². The van der Waals surface area contributed by atoms with E-state index in [1.807, 2.05) is 0 Å². The number of rotatable bonds is 1. The minimum absolute atomic E-state index is 0.0816. The Balaban J connectivity index is 2.58. The normalized spacial score (nSPS) is 14.7. The Hall–Kier alpha value is -2.08. The molecule has 0 unspecified atom stereocenters. The predicted octanol–water partition coefficient (Wildman–Crippen LogP) is 0.442. The monoisotopic (exact) mass is 251 g/mol. The SMILES string of the molecule is CC(=O)NC1=C(Cl)C(=O)c2cnncc2C1=O. The molecule has 17 heavy (non-hydrogen) atoms. The number of Topliss-reactive ketones (excluding diaryl/α,β-unsaturated/α-hetero) is 2. The van der Waals surface area contributed by atoms with Gasteiger partial charge in [-0.05, 0) is 0 Å². The summed E-state index contributed by atoms with van der Waals surface area (Å²) in [7, 11) is 0. The number of halogens is 1. The van der Waals surface area contributed by atoms with Crippen LogP contribution in [0.5, 0.6) is 0 Å². The van der Waals surface area contributed by atoms with Crippen LogP contribution in [0.3, 0.4) is 0 Å². The summed E-state index contributed by atoms with van der Waals surface area (Å²) in [6, 6.07) is 0. The Kier molecular flexibility index (Phi) is 2.72. The molecule has 0 saturated carbocycles. The molecule has 1 heterocycles. The summed E-state index contributed by atoms with van der Waals surface area (Å²) in [6.45, 7) is 1.22.